The highest BCUT2D eigenvalue weighted by molar-refractivity contribution is 5.97. The first-order chi connectivity index (χ1) is 16.2. The van der Waals surface area contributed by atoms with Gasteiger partial charge in [-0.2, -0.15) is 0 Å². The van der Waals surface area contributed by atoms with Crippen molar-refractivity contribution < 1.29 is 19.1 Å². The lowest BCUT2D eigenvalue weighted by atomic mass is 10.1. The number of rotatable bonds is 7. The first kappa shape index (κ1) is 21.4. The number of anilines is 1. The summed E-state index contributed by atoms with van der Waals surface area (Å²) in [5.41, 5.74) is 3.76. The van der Waals surface area contributed by atoms with Crippen LogP contribution in [0.5, 0.6) is 0 Å². The van der Waals surface area contributed by atoms with E-state index in [1.165, 1.54) is 0 Å². The molecule has 0 aliphatic carbocycles. The van der Waals surface area contributed by atoms with Gasteiger partial charge in [-0.1, -0.05) is 36.4 Å². The first-order valence-electron chi connectivity index (χ1n) is 11.2. The van der Waals surface area contributed by atoms with Gasteiger partial charge in [-0.05, 0) is 30.2 Å². The van der Waals surface area contributed by atoms with Crippen LogP contribution in [0.4, 0.5) is 5.82 Å². The van der Waals surface area contributed by atoms with Crippen molar-refractivity contribution in [3.05, 3.63) is 66.2 Å². The summed E-state index contributed by atoms with van der Waals surface area (Å²) in [6.07, 6.45) is 1.26. The molecule has 2 aliphatic heterocycles. The summed E-state index contributed by atoms with van der Waals surface area (Å²) in [5, 5.41) is 10.2. The molecule has 0 radical (unpaired) electrons. The Morgan fingerprint density at radius 3 is 2.82 bits per heavy atom. The number of aromatic nitrogens is 2. The Balaban J connectivity index is 1.41. The topological polar surface area (TPSA) is 94.5 Å². The van der Waals surface area contributed by atoms with Crippen molar-refractivity contribution in [2.24, 2.45) is 5.92 Å². The van der Waals surface area contributed by atoms with E-state index in [0.717, 1.165) is 35.5 Å². The smallest absolute Gasteiger partial charge is 0.230 e. The van der Waals surface area contributed by atoms with Gasteiger partial charge in [0.15, 0.2) is 5.82 Å². The number of hydrogen-bond donors (Lipinski definition) is 2. The standard InChI is InChI=1S/C25H26N4O4/c30-24-12-19(14-26-24)25(31)27-23-13-22(29(28-23)20-7-2-1-3-8-20)18-6-4-5-17(11-18)15-33-21-9-10-32-16-21/h1-8,11,13,19,21H,9-10,12,14-16H2,(H,26,30)(H,27,28,31)/t19-,21-/m0/s1. The number of carbonyl (C=O) groups is 2. The third kappa shape index (κ3) is 4.97. The normalized spacial score (nSPS) is 20.1. The molecule has 3 aromatic rings. The summed E-state index contributed by atoms with van der Waals surface area (Å²) in [6.45, 7) is 2.25. The number of ether oxygens (including phenoxy) is 2. The fourth-order valence-corrected chi connectivity index (χ4v) is 4.11. The number of hydrogen-bond acceptors (Lipinski definition) is 5. The Kier molecular flexibility index (Phi) is 6.19. The van der Waals surface area contributed by atoms with E-state index >= 15 is 0 Å². The summed E-state index contributed by atoms with van der Waals surface area (Å²) in [7, 11) is 0. The van der Waals surface area contributed by atoms with E-state index in [1.54, 1.807) is 0 Å². The molecule has 0 unspecified atom stereocenters. The molecule has 8 nitrogen and oxygen atoms in total. The van der Waals surface area contributed by atoms with Gasteiger partial charge in [0.1, 0.15) is 0 Å². The predicted octanol–water partition coefficient (Wildman–Crippen LogP) is 2.92. The van der Waals surface area contributed by atoms with E-state index in [1.807, 2.05) is 59.3 Å². The van der Waals surface area contributed by atoms with Gasteiger partial charge in [0, 0.05) is 31.2 Å². The van der Waals surface area contributed by atoms with Crippen LogP contribution < -0.4 is 10.6 Å². The van der Waals surface area contributed by atoms with Gasteiger partial charge in [-0.25, -0.2) is 4.68 Å². The van der Waals surface area contributed by atoms with Gasteiger partial charge in [0.2, 0.25) is 11.8 Å². The second-order valence-electron chi connectivity index (χ2n) is 8.35. The van der Waals surface area contributed by atoms with Crippen LogP contribution in [-0.2, 0) is 25.7 Å². The summed E-state index contributed by atoms with van der Waals surface area (Å²) in [4.78, 5) is 24.1. The predicted molar refractivity (Wildman–Crippen MR) is 123 cm³/mol. The molecule has 2 aromatic carbocycles. The third-order valence-corrected chi connectivity index (χ3v) is 5.91. The third-order valence-electron chi connectivity index (χ3n) is 5.91. The van der Waals surface area contributed by atoms with E-state index < -0.39 is 0 Å². The number of para-hydroxylation sites is 1. The minimum Gasteiger partial charge on any atom is -0.379 e. The van der Waals surface area contributed by atoms with Crippen molar-refractivity contribution in [2.75, 3.05) is 25.1 Å². The second kappa shape index (κ2) is 9.56. The van der Waals surface area contributed by atoms with E-state index in [0.29, 0.717) is 25.6 Å². The Labute approximate surface area is 191 Å². The summed E-state index contributed by atoms with van der Waals surface area (Å²) in [6, 6.07) is 19.8. The van der Waals surface area contributed by atoms with E-state index in [2.05, 4.69) is 21.8 Å². The molecule has 5 rings (SSSR count). The quantitative estimate of drug-likeness (QED) is 0.582. The lowest BCUT2D eigenvalue weighted by Crippen LogP contribution is -2.24. The van der Waals surface area contributed by atoms with Crippen molar-refractivity contribution in [3.8, 4) is 16.9 Å². The molecule has 0 saturated carbocycles. The highest BCUT2D eigenvalue weighted by Gasteiger charge is 2.28. The maximum Gasteiger partial charge on any atom is 0.230 e. The number of amides is 2. The van der Waals surface area contributed by atoms with Crippen LogP contribution in [0.25, 0.3) is 16.9 Å². The van der Waals surface area contributed by atoms with E-state index in [-0.39, 0.29) is 30.3 Å². The minimum absolute atomic E-state index is 0.103. The largest absolute Gasteiger partial charge is 0.379 e. The monoisotopic (exact) mass is 446 g/mol. The zero-order valence-electron chi connectivity index (χ0n) is 18.2. The zero-order chi connectivity index (χ0) is 22.6. The molecule has 0 bridgehead atoms. The highest BCUT2D eigenvalue weighted by Crippen LogP contribution is 2.28. The van der Waals surface area contributed by atoms with Crippen LogP contribution in [0.15, 0.2) is 60.7 Å². The molecule has 2 saturated heterocycles. The Morgan fingerprint density at radius 1 is 1.18 bits per heavy atom. The van der Waals surface area contributed by atoms with Crippen molar-refractivity contribution in [1.82, 2.24) is 15.1 Å². The lowest BCUT2D eigenvalue weighted by Gasteiger charge is -2.11. The number of nitrogens with one attached hydrogen (secondary N) is 2. The maximum atomic E-state index is 12.6. The van der Waals surface area contributed by atoms with Crippen LogP contribution in [0, 0.1) is 5.92 Å². The molecule has 2 amide bonds. The van der Waals surface area contributed by atoms with Crippen LogP contribution in [0.1, 0.15) is 18.4 Å². The Bertz CT molecular complexity index is 1140. The zero-order valence-corrected chi connectivity index (χ0v) is 18.2. The van der Waals surface area contributed by atoms with Gasteiger partial charge in [0.05, 0.1) is 36.6 Å². The molecule has 2 atom stereocenters. The molecule has 3 heterocycles. The number of carbonyl (C=O) groups excluding carboxylic acids is 2. The summed E-state index contributed by atoms with van der Waals surface area (Å²) >= 11 is 0. The Hall–Kier alpha value is -3.49. The van der Waals surface area contributed by atoms with Gasteiger partial charge in [0.25, 0.3) is 0 Å². The summed E-state index contributed by atoms with van der Waals surface area (Å²) in [5.74, 6) is -0.252. The molecule has 2 aliphatic rings. The average Bonchev–Trinajstić information content (AvgIpc) is 3.60. The SMILES string of the molecule is O=C1C[C@H](C(=O)Nc2cc(-c3cccc(CO[C@H]4CCOC4)c3)n(-c3ccccc3)n2)CN1. The van der Waals surface area contributed by atoms with Gasteiger partial charge in [-0.15, -0.1) is 5.10 Å². The van der Waals surface area contributed by atoms with E-state index in [9.17, 15) is 9.59 Å². The van der Waals surface area contributed by atoms with Crippen LogP contribution >= 0.6 is 0 Å². The molecule has 2 fully saturated rings. The van der Waals surface area contributed by atoms with Gasteiger partial charge >= 0.3 is 0 Å². The fourth-order valence-electron chi connectivity index (χ4n) is 4.11. The van der Waals surface area contributed by atoms with Crippen LogP contribution in [0.3, 0.4) is 0 Å². The molecular weight excluding hydrogens is 420 g/mol. The number of benzene rings is 2. The number of nitrogens with zero attached hydrogens (tertiary/aromatic N) is 2. The van der Waals surface area contributed by atoms with Gasteiger partial charge in [-0.3, -0.25) is 9.59 Å². The molecule has 0 spiro atoms. The van der Waals surface area contributed by atoms with Crippen LogP contribution in [0.2, 0.25) is 0 Å². The second-order valence-corrected chi connectivity index (χ2v) is 8.35. The molecule has 170 valence electrons. The van der Waals surface area contributed by atoms with Crippen molar-refractivity contribution in [3.63, 3.8) is 0 Å². The average molecular weight is 447 g/mol. The molecular formula is C25H26N4O4. The lowest BCUT2D eigenvalue weighted by molar-refractivity contribution is -0.123. The minimum atomic E-state index is -0.386. The van der Waals surface area contributed by atoms with Crippen LogP contribution in [-0.4, -0.2) is 47.5 Å². The molecule has 8 heteroatoms. The molecule has 2 N–H and O–H groups in total. The maximum absolute atomic E-state index is 12.6. The first-order valence-corrected chi connectivity index (χ1v) is 11.2. The van der Waals surface area contributed by atoms with Crippen molar-refractivity contribution >= 4 is 17.6 Å². The van der Waals surface area contributed by atoms with E-state index in [4.69, 9.17) is 9.47 Å². The van der Waals surface area contributed by atoms with Gasteiger partial charge < -0.3 is 20.1 Å². The van der Waals surface area contributed by atoms with Crippen molar-refractivity contribution in [2.45, 2.75) is 25.6 Å². The summed E-state index contributed by atoms with van der Waals surface area (Å²) < 4.78 is 13.2. The fraction of sp³-hybridized carbons (Fsp3) is 0.320. The molecule has 1 aromatic heterocycles. The van der Waals surface area contributed by atoms with Crippen molar-refractivity contribution in [1.29, 1.82) is 0 Å². The Morgan fingerprint density at radius 2 is 2.06 bits per heavy atom. The molecule has 33 heavy (non-hydrogen) atoms. The highest BCUT2D eigenvalue weighted by atomic mass is 16.5.